The highest BCUT2D eigenvalue weighted by Crippen LogP contribution is 2.10. The molecule has 69 valence electrons. The maximum Gasteiger partial charge on any atom is 0.260 e. The maximum absolute atomic E-state index is 11.1. The Morgan fingerprint density at radius 1 is 1.17 bits per heavy atom. The summed E-state index contributed by atoms with van der Waals surface area (Å²) in [6.07, 6.45) is 1.57. The molecule has 1 aliphatic rings. The van der Waals surface area contributed by atoms with Gasteiger partial charge in [-0.1, -0.05) is 0 Å². The van der Waals surface area contributed by atoms with E-state index in [1.54, 1.807) is 0 Å². The summed E-state index contributed by atoms with van der Waals surface area (Å²) in [7, 11) is -6.55. The molecular weight excluding hydrogens is 202 g/mol. The summed E-state index contributed by atoms with van der Waals surface area (Å²) in [5.74, 6) is 0. The molecule has 0 unspecified atom stereocenters. The molecule has 1 fully saturated rings. The van der Waals surface area contributed by atoms with Gasteiger partial charge in [0.2, 0.25) is 15.0 Å². The molecule has 1 rings (SSSR count). The summed E-state index contributed by atoms with van der Waals surface area (Å²) in [5, 5.41) is 0. The highest BCUT2D eigenvalue weighted by Gasteiger charge is 2.24. The largest absolute Gasteiger partial charge is 0.260 e. The molecular formula is C5H8NO4S2. The van der Waals surface area contributed by atoms with Crippen molar-refractivity contribution in [3.8, 4) is 0 Å². The topological polar surface area (TPSA) is 71.5 Å². The zero-order valence-electron chi connectivity index (χ0n) is 6.23. The van der Waals surface area contributed by atoms with Gasteiger partial charge in [-0.15, -0.1) is 0 Å². The third-order valence-corrected chi connectivity index (χ3v) is 4.01. The third-order valence-electron chi connectivity index (χ3n) is 1.58. The molecule has 0 aromatic carbocycles. The molecule has 0 spiro atoms. The van der Waals surface area contributed by atoms with E-state index in [2.05, 4.69) is 0 Å². The van der Waals surface area contributed by atoms with Gasteiger partial charge in [0, 0.05) is 13.1 Å². The van der Waals surface area contributed by atoms with Crippen LogP contribution in [0.5, 0.6) is 0 Å². The Morgan fingerprint density at radius 3 is 2.08 bits per heavy atom. The van der Waals surface area contributed by atoms with E-state index < -0.39 is 20.3 Å². The summed E-state index contributed by atoms with van der Waals surface area (Å²) >= 11 is 0. The number of hydrogen-bond donors (Lipinski definition) is 0. The van der Waals surface area contributed by atoms with Crippen LogP contribution in [0.1, 0.15) is 12.8 Å². The standard InChI is InChI=1S/C5H8NO4S2/c7-11(8)5-12(9,10)6-3-1-2-4-6/h1-4H2. The lowest BCUT2D eigenvalue weighted by Gasteiger charge is -2.08. The third kappa shape index (κ3) is 2.29. The molecule has 1 radical (unpaired) electrons. The zero-order valence-corrected chi connectivity index (χ0v) is 7.86. The van der Waals surface area contributed by atoms with E-state index in [0.29, 0.717) is 13.1 Å². The van der Waals surface area contributed by atoms with Crippen molar-refractivity contribution < 1.29 is 16.8 Å². The minimum atomic E-state index is -3.79. The first kappa shape index (κ1) is 9.69. The van der Waals surface area contributed by atoms with Gasteiger partial charge in [-0.3, -0.25) is 0 Å². The Bertz CT molecular complexity index is 366. The lowest BCUT2D eigenvalue weighted by Crippen LogP contribution is -2.28. The fourth-order valence-corrected chi connectivity index (χ4v) is 2.92. The van der Waals surface area contributed by atoms with Crippen LogP contribution in [0.25, 0.3) is 0 Å². The molecule has 1 aliphatic heterocycles. The molecule has 12 heavy (non-hydrogen) atoms. The second kappa shape index (κ2) is 3.55. The van der Waals surface area contributed by atoms with E-state index in [0.717, 1.165) is 17.1 Å². The summed E-state index contributed by atoms with van der Waals surface area (Å²) in [5.41, 5.74) is 0. The van der Waals surface area contributed by atoms with Gasteiger partial charge in [0.1, 0.15) is 0 Å². The first-order valence-electron chi connectivity index (χ1n) is 3.39. The van der Waals surface area contributed by atoms with E-state index in [-0.39, 0.29) is 0 Å². The minimum Gasteiger partial charge on any atom is -0.206 e. The number of hydrogen-bond acceptors (Lipinski definition) is 4. The molecule has 0 saturated carbocycles. The van der Waals surface area contributed by atoms with E-state index in [1.807, 2.05) is 0 Å². The first-order valence-corrected chi connectivity index (χ1v) is 5.90. The van der Waals surface area contributed by atoms with Crippen molar-refractivity contribution in [3.05, 3.63) is 0 Å². The van der Waals surface area contributed by atoms with Crippen molar-refractivity contribution in [1.29, 1.82) is 0 Å². The smallest absolute Gasteiger partial charge is 0.206 e. The van der Waals surface area contributed by atoms with Crippen LogP contribution in [0.4, 0.5) is 0 Å². The molecule has 0 aromatic heterocycles. The molecule has 0 amide bonds. The van der Waals surface area contributed by atoms with Crippen LogP contribution in [-0.4, -0.2) is 38.9 Å². The van der Waals surface area contributed by atoms with Crippen LogP contribution in [0.15, 0.2) is 0 Å². The van der Waals surface area contributed by atoms with Crippen LogP contribution in [0, 0.1) is 0 Å². The minimum absolute atomic E-state index is 0.395. The number of rotatable bonds is 2. The summed E-state index contributed by atoms with van der Waals surface area (Å²) in [4.78, 5) is 0. The normalized spacial score (nSPS) is 19.3. The summed E-state index contributed by atoms with van der Waals surface area (Å²) in [6.45, 7) is 0.791. The summed E-state index contributed by atoms with van der Waals surface area (Å²) in [6, 6.07) is 0. The predicted octanol–water partition coefficient (Wildman–Crippen LogP) is -1.07. The van der Waals surface area contributed by atoms with E-state index in [1.165, 1.54) is 4.70 Å². The van der Waals surface area contributed by atoms with Crippen molar-refractivity contribution in [2.45, 2.75) is 12.8 Å². The van der Waals surface area contributed by atoms with Gasteiger partial charge >= 0.3 is 0 Å². The van der Waals surface area contributed by atoms with Crippen LogP contribution >= 0.6 is 0 Å². The predicted molar refractivity (Wildman–Crippen MR) is 43.7 cm³/mol. The molecule has 0 aliphatic carbocycles. The Morgan fingerprint density at radius 2 is 1.67 bits per heavy atom. The van der Waals surface area contributed by atoms with Crippen molar-refractivity contribution in [3.63, 3.8) is 0 Å². The van der Waals surface area contributed by atoms with Crippen LogP contribution in [0.2, 0.25) is 0 Å². The Hall–Kier alpha value is -0.400. The molecule has 7 heteroatoms. The van der Waals surface area contributed by atoms with Crippen LogP contribution < -0.4 is 0 Å². The quantitative estimate of drug-likeness (QED) is 0.544. The molecule has 0 aromatic rings. The van der Waals surface area contributed by atoms with Crippen molar-refractivity contribution in [2.24, 2.45) is 0 Å². The van der Waals surface area contributed by atoms with Crippen molar-refractivity contribution in [1.82, 2.24) is 4.31 Å². The number of sulfonamides is 1. The van der Waals surface area contributed by atoms with Crippen molar-refractivity contribution in [2.75, 3.05) is 13.1 Å². The number of nitrogens with zero attached hydrogens (tertiary/aromatic N) is 1. The highest BCUT2D eigenvalue weighted by molar-refractivity contribution is 8.11. The average molecular weight is 210 g/mol. The zero-order chi connectivity index (χ0) is 9.19. The van der Waals surface area contributed by atoms with Gasteiger partial charge in [-0.2, -0.15) is 12.7 Å². The molecule has 1 saturated heterocycles. The van der Waals surface area contributed by atoms with E-state index in [9.17, 15) is 16.8 Å². The lowest BCUT2D eigenvalue weighted by atomic mass is 10.4. The summed E-state index contributed by atoms with van der Waals surface area (Å²) < 4.78 is 44.8. The highest BCUT2D eigenvalue weighted by atomic mass is 32.2. The molecule has 0 atom stereocenters. The SMILES string of the molecule is O=S(=O)=[C]S(=O)(=O)N1CCCC1. The second-order valence-corrected chi connectivity index (χ2v) is 5.03. The van der Waals surface area contributed by atoms with E-state index in [4.69, 9.17) is 0 Å². The fourth-order valence-electron chi connectivity index (χ4n) is 1.07. The first-order chi connectivity index (χ1) is 5.52. The monoisotopic (exact) mass is 210 g/mol. The fraction of sp³-hybridized carbons (Fsp3) is 0.800. The van der Waals surface area contributed by atoms with Gasteiger partial charge in [0.25, 0.3) is 10.0 Å². The molecule has 1 heterocycles. The van der Waals surface area contributed by atoms with Gasteiger partial charge in [0.15, 0.2) is 0 Å². The average Bonchev–Trinajstić information content (AvgIpc) is 2.32. The van der Waals surface area contributed by atoms with Gasteiger partial charge in [-0.25, -0.2) is 8.42 Å². The van der Waals surface area contributed by atoms with E-state index >= 15 is 0 Å². The molecule has 0 bridgehead atoms. The van der Waals surface area contributed by atoms with Gasteiger partial charge < -0.3 is 0 Å². The maximum atomic E-state index is 11.1. The van der Waals surface area contributed by atoms with Gasteiger partial charge in [0.05, 0.1) is 0 Å². The van der Waals surface area contributed by atoms with Crippen LogP contribution in [-0.2, 0) is 20.3 Å². The second-order valence-electron chi connectivity index (χ2n) is 2.43. The lowest BCUT2D eigenvalue weighted by molar-refractivity contribution is 0.490. The molecule has 5 nitrogen and oxygen atoms in total. The van der Waals surface area contributed by atoms with Crippen LogP contribution in [0.3, 0.4) is 0 Å². The van der Waals surface area contributed by atoms with Gasteiger partial charge in [-0.05, 0) is 12.8 Å². The Labute approximate surface area is 72.6 Å². The molecule has 0 N–H and O–H groups in total. The Balaban J connectivity index is 2.93. The van der Waals surface area contributed by atoms with Crippen molar-refractivity contribution >= 4 is 25.0 Å². The Kier molecular flexibility index (Phi) is 2.86.